The van der Waals surface area contributed by atoms with Crippen LogP contribution >= 0.6 is 0 Å². The first-order chi connectivity index (χ1) is 12.7. The van der Waals surface area contributed by atoms with Gasteiger partial charge in [0, 0.05) is 6.42 Å². The Labute approximate surface area is 162 Å². The Balaban J connectivity index is 3.82. The summed E-state index contributed by atoms with van der Waals surface area (Å²) >= 11 is 0. The summed E-state index contributed by atoms with van der Waals surface area (Å²) in [7, 11) is 0. The lowest BCUT2D eigenvalue weighted by Crippen LogP contribution is -2.79. The fourth-order valence-electron chi connectivity index (χ4n) is 3.03. The van der Waals surface area contributed by atoms with Gasteiger partial charge in [-0.1, -0.05) is 20.8 Å². The number of rotatable bonds is 5. The van der Waals surface area contributed by atoms with E-state index in [1.54, 1.807) is 0 Å². The number of aliphatic hydroxyl groups is 1. The average Bonchev–Trinajstić information content (AvgIpc) is 2.56. The zero-order valence-electron chi connectivity index (χ0n) is 16.5. The highest BCUT2D eigenvalue weighted by molar-refractivity contribution is 5.76. The van der Waals surface area contributed by atoms with Crippen LogP contribution in [-0.2, 0) is 14.3 Å². The van der Waals surface area contributed by atoms with Gasteiger partial charge in [0.25, 0.3) is 0 Å². The number of halogens is 8. The minimum atomic E-state index is -6.32. The van der Waals surface area contributed by atoms with E-state index < -0.39 is 65.9 Å². The minimum Gasteiger partial charge on any atom is -0.452 e. The molecule has 1 fully saturated rings. The number of hydrogen-bond donors (Lipinski definition) is 1. The summed E-state index contributed by atoms with van der Waals surface area (Å²) < 4.78 is 120. The van der Waals surface area contributed by atoms with Crippen LogP contribution in [0.3, 0.4) is 0 Å². The van der Waals surface area contributed by atoms with Gasteiger partial charge >= 0.3 is 30.0 Å². The van der Waals surface area contributed by atoms with Crippen LogP contribution in [0.15, 0.2) is 0 Å². The van der Waals surface area contributed by atoms with E-state index in [2.05, 4.69) is 4.74 Å². The standard InChI is InChI=1S/C17H24F8O4/c1-6-11(4,5)10(26)28-12(7-2)9-13(8-3,16(20,21)22)29-15(27,14(12,18)19)17(23,24)25/h27H,6-9H2,1-5H3. The molecule has 0 saturated carbocycles. The molecular weight excluding hydrogens is 420 g/mol. The Morgan fingerprint density at radius 3 is 1.79 bits per heavy atom. The van der Waals surface area contributed by atoms with Crippen LogP contribution in [-0.4, -0.2) is 46.3 Å². The van der Waals surface area contributed by atoms with Crippen LogP contribution in [0.2, 0.25) is 0 Å². The molecule has 3 atom stereocenters. The smallest absolute Gasteiger partial charge is 0.449 e. The van der Waals surface area contributed by atoms with Gasteiger partial charge in [-0.05, 0) is 33.1 Å². The number of esters is 1. The molecule has 3 unspecified atom stereocenters. The van der Waals surface area contributed by atoms with Crippen LogP contribution in [0.25, 0.3) is 0 Å². The van der Waals surface area contributed by atoms with Crippen LogP contribution in [0.4, 0.5) is 35.1 Å². The Morgan fingerprint density at radius 2 is 1.48 bits per heavy atom. The first kappa shape index (κ1) is 25.9. The van der Waals surface area contributed by atoms with Crippen molar-refractivity contribution in [2.24, 2.45) is 5.41 Å². The van der Waals surface area contributed by atoms with Crippen molar-refractivity contribution in [2.45, 2.75) is 95.6 Å². The lowest BCUT2D eigenvalue weighted by Gasteiger charge is -2.57. The van der Waals surface area contributed by atoms with Crippen molar-refractivity contribution in [3.63, 3.8) is 0 Å². The SMILES string of the molecule is CCC(C)(C)C(=O)OC1(CC)CC(CC)(C(F)(F)F)OC(O)(C(F)(F)F)C1(F)F. The van der Waals surface area contributed by atoms with Crippen molar-refractivity contribution in [2.75, 3.05) is 0 Å². The van der Waals surface area contributed by atoms with Crippen molar-refractivity contribution >= 4 is 5.97 Å². The van der Waals surface area contributed by atoms with Crippen molar-refractivity contribution in [1.82, 2.24) is 0 Å². The number of alkyl halides is 8. The molecule has 1 rings (SSSR count). The third-order valence-corrected chi connectivity index (χ3v) is 5.68. The normalized spacial score (nSPS) is 33.4. The Kier molecular flexibility index (Phi) is 6.43. The van der Waals surface area contributed by atoms with Crippen molar-refractivity contribution < 1.29 is 54.5 Å². The number of hydrogen-bond acceptors (Lipinski definition) is 4. The quantitative estimate of drug-likeness (QED) is 0.472. The van der Waals surface area contributed by atoms with E-state index in [1.165, 1.54) is 20.8 Å². The first-order valence-corrected chi connectivity index (χ1v) is 8.90. The maximum absolute atomic E-state index is 15.0. The first-order valence-electron chi connectivity index (χ1n) is 8.90. The molecule has 0 radical (unpaired) electrons. The molecule has 1 N–H and O–H groups in total. The lowest BCUT2D eigenvalue weighted by atomic mass is 9.72. The van der Waals surface area contributed by atoms with E-state index >= 15 is 8.78 Å². The highest BCUT2D eigenvalue weighted by atomic mass is 19.4. The van der Waals surface area contributed by atoms with E-state index in [9.17, 15) is 36.2 Å². The molecule has 1 aliphatic rings. The molecule has 1 saturated heterocycles. The molecule has 0 amide bonds. The zero-order chi connectivity index (χ0) is 23.3. The molecule has 0 aromatic carbocycles. The number of ether oxygens (including phenoxy) is 2. The Bertz CT molecular complexity index is 630. The molecule has 0 aromatic heterocycles. The molecule has 172 valence electrons. The van der Waals surface area contributed by atoms with Gasteiger partial charge < -0.3 is 14.6 Å². The second-order valence-electron chi connectivity index (χ2n) is 7.82. The predicted molar refractivity (Wildman–Crippen MR) is 83.9 cm³/mol. The molecule has 0 aliphatic carbocycles. The largest absolute Gasteiger partial charge is 0.452 e. The maximum atomic E-state index is 15.0. The third kappa shape index (κ3) is 3.70. The van der Waals surface area contributed by atoms with E-state index in [0.29, 0.717) is 0 Å². The van der Waals surface area contributed by atoms with Gasteiger partial charge in [0.05, 0.1) is 5.41 Å². The summed E-state index contributed by atoms with van der Waals surface area (Å²) in [5, 5.41) is 9.82. The van der Waals surface area contributed by atoms with Crippen LogP contribution in [0.1, 0.15) is 60.3 Å². The zero-order valence-corrected chi connectivity index (χ0v) is 16.5. The second-order valence-corrected chi connectivity index (χ2v) is 7.82. The summed E-state index contributed by atoms with van der Waals surface area (Å²) in [6.45, 7) is 5.55. The van der Waals surface area contributed by atoms with E-state index in [1.807, 2.05) is 0 Å². The van der Waals surface area contributed by atoms with Crippen molar-refractivity contribution in [3.8, 4) is 0 Å². The van der Waals surface area contributed by atoms with Gasteiger partial charge in [-0.3, -0.25) is 4.79 Å². The summed E-state index contributed by atoms with van der Waals surface area (Å²) in [6, 6.07) is 0. The number of carbonyl (C=O) groups excluding carboxylic acids is 1. The van der Waals surface area contributed by atoms with Gasteiger partial charge in [0.15, 0.2) is 11.2 Å². The summed E-state index contributed by atoms with van der Waals surface area (Å²) in [5.41, 5.74) is -8.92. The van der Waals surface area contributed by atoms with Crippen molar-refractivity contribution in [1.29, 1.82) is 0 Å². The summed E-state index contributed by atoms with van der Waals surface area (Å²) in [6.07, 6.45) is -16.1. The highest BCUT2D eigenvalue weighted by Crippen LogP contribution is 2.62. The monoisotopic (exact) mass is 444 g/mol. The van der Waals surface area contributed by atoms with Crippen LogP contribution in [0, 0.1) is 5.41 Å². The molecule has 1 aliphatic heterocycles. The van der Waals surface area contributed by atoms with Gasteiger partial charge in [0.2, 0.25) is 0 Å². The predicted octanol–water partition coefficient (Wildman–Crippen LogP) is 5.13. The Hall–Kier alpha value is -1.17. The fourth-order valence-corrected chi connectivity index (χ4v) is 3.03. The van der Waals surface area contributed by atoms with Gasteiger partial charge in [-0.25, -0.2) is 0 Å². The molecule has 0 spiro atoms. The van der Waals surface area contributed by atoms with Gasteiger partial charge in [0.1, 0.15) is 0 Å². The molecule has 0 bridgehead atoms. The number of carbonyl (C=O) groups is 1. The van der Waals surface area contributed by atoms with E-state index in [4.69, 9.17) is 4.74 Å². The molecule has 12 heteroatoms. The maximum Gasteiger partial charge on any atom is 0.449 e. The molecule has 29 heavy (non-hydrogen) atoms. The molecular formula is C17H24F8O4. The average molecular weight is 444 g/mol. The third-order valence-electron chi connectivity index (χ3n) is 5.68. The second kappa shape index (κ2) is 7.21. The fraction of sp³-hybridized carbons (Fsp3) is 0.941. The topological polar surface area (TPSA) is 55.8 Å². The van der Waals surface area contributed by atoms with Gasteiger partial charge in [-0.15, -0.1) is 0 Å². The summed E-state index contributed by atoms with van der Waals surface area (Å²) in [5.74, 6) is -12.4. The van der Waals surface area contributed by atoms with Gasteiger partial charge in [-0.2, -0.15) is 35.1 Å². The molecule has 1 heterocycles. The molecule has 4 nitrogen and oxygen atoms in total. The van der Waals surface area contributed by atoms with Crippen LogP contribution in [0.5, 0.6) is 0 Å². The highest BCUT2D eigenvalue weighted by Gasteiger charge is 2.86. The lowest BCUT2D eigenvalue weighted by molar-refractivity contribution is -0.518. The van der Waals surface area contributed by atoms with Crippen LogP contribution < -0.4 is 0 Å². The van der Waals surface area contributed by atoms with E-state index in [-0.39, 0.29) is 6.42 Å². The van der Waals surface area contributed by atoms with Crippen molar-refractivity contribution in [3.05, 3.63) is 0 Å². The Morgan fingerprint density at radius 1 is 1.00 bits per heavy atom. The summed E-state index contributed by atoms with van der Waals surface area (Å²) in [4.78, 5) is 12.4. The molecule has 0 aromatic rings. The minimum absolute atomic E-state index is 0.00935. The van der Waals surface area contributed by atoms with E-state index in [0.717, 1.165) is 13.8 Å².